The van der Waals surface area contributed by atoms with Gasteiger partial charge < -0.3 is 15.1 Å². The molecule has 0 bridgehead atoms. The van der Waals surface area contributed by atoms with Gasteiger partial charge in [-0.3, -0.25) is 4.31 Å². The van der Waals surface area contributed by atoms with Gasteiger partial charge in [0.25, 0.3) is 0 Å². The van der Waals surface area contributed by atoms with E-state index in [-0.39, 0.29) is 17.8 Å². The Morgan fingerprint density at radius 2 is 1.97 bits per heavy atom. The van der Waals surface area contributed by atoms with Gasteiger partial charge in [-0.15, -0.1) is 16.1 Å². The highest BCUT2D eigenvalue weighted by Gasteiger charge is 2.31. The van der Waals surface area contributed by atoms with Crippen LogP contribution in [0.4, 0.5) is 11.6 Å². The molecule has 1 fully saturated rings. The molecule has 3 heterocycles. The smallest absolute Gasteiger partial charge is 0.248 e. The summed E-state index contributed by atoms with van der Waals surface area (Å²) < 4.78 is 33.2. The third-order valence-corrected chi connectivity index (χ3v) is 8.67. The number of hydrogen-bond donors (Lipinski definition) is 1. The second-order valence-electron chi connectivity index (χ2n) is 9.87. The first-order valence-electron chi connectivity index (χ1n) is 12.4. The van der Waals surface area contributed by atoms with E-state index in [1.165, 1.54) is 11.4 Å². The maximum absolute atomic E-state index is 13.0. The number of benzene rings is 1. The maximum Gasteiger partial charge on any atom is 0.248 e. The van der Waals surface area contributed by atoms with Crippen molar-refractivity contribution in [1.82, 2.24) is 15.2 Å². The van der Waals surface area contributed by atoms with Crippen LogP contribution in [0.3, 0.4) is 0 Å². The molecular formula is C27H34N6O3S. The minimum Gasteiger partial charge on any atom is -0.419 e. The highest BCUT2D eigenvalue weighted by molar-refractivity contribution is 7.93. The summed E-state index contributed by atoms with van der Waals surface area (Å²) in [5.74, 6) is 7.66. The largest absolute Gasteiger partial charge is 0.419 e. The van der Waals surface area contributed by atoms with Gasteiger partial charge in [0.15, 0.2) is 0 Å². The van der Waals surface area contributed by atoms with Crippen molar-refractivity contribution in [1.29, 1.82) is 0 Å². The monoisotopic (exact) mass is 522 g/mol. The van der Waals surface area contributed by atoms with E-state index in [1.54, 1.807) is 19.9 Å². The predicted molar refractivity (Wildman–Crippen MR) is 145 cm³/mol. The van der Waals surface area contributed by atoms with Gasteiger partial charge in [-0.1, -0.05) is 36.3 Å². The van der Waals surface area contributed by atoms with E-state index >= 15 is 0 Å². The Bertz CT molecular complexity index is 1410. The Morgan fingerprint density at radius 3 is 2.65 bits per heavy atom. The second-order valence-corrected chi connectivity index (χ2v) is 12.4. The first-order valence-corrected chi connectivity index (χ1v) is 13.9. The van der Waals surface area contributed by atoms with Gasteiger partial charge in [0.2, 0.25) is 21.8 Å². The van der Waals surface area contributed by atoms with E-state index in [9.17, 15) is 8.42 Å². The Balaban J connectivity index is 1.76. The quantitative estimate of drug-likeness (QED) is 0.445. The number of rotatable bonds is 8. The zero-order valence-corrected chi connectivity index (χ0v) is 22.8. The summed E-state index contributed by atoms with van der Waals surface area (Å²) in [7, 11) is -2.10. The second kappa shape index (κ2) is 10.5. The van der Waals surface area contributed by atoms with E-state index in [1.807, 2.05) is 50.2 Å². The molecule has 1 aliphatic heterocycles. The van der Waals surface area contributed by atoms with Crippen molar-refractivity contribution in [3.05, 3.63) is 53.9 Å². The molecule has 37 heavy (non-hydrogen) atoms. The summed E-state index contributed by atoms with van der Waals surface area (Å²) in [5.41, 5.74) is 7.32. The first-order chi connectivity index (χ1) is 17.5. The Kier molecular flexibility index (Phi) is 7.57. The minimum atomic E-state index is -3.61. The number of aromatic nitrogens is 3. The third kappa shape index (κ3) is 5.63. The lowest BCUT2D eigenvalue weighted by atomic mass is 9.94. The van der Waals surface area contributed by atoms with Crippen molar-refractivity contribution < 1.29 is 12.8 Å². The van der Waals surface area contributed by atoms with E-state index in [2.05, 4.69) is 26.9 Å². The number of hydrogen-bond acceptors (Lipinski definition) is 8. The average Bonchev–Trinajstić information content (AvgIpc) is 3.54. The Hall–Kier alpha value is -3.42. The molecule has 10 heteroatoms. The molecule has 1 aromatic carbocycles. The van der Waals surface area contributed by atoms with Crippen LogP contribution < -0.4 is 14.9 Å². The fourth-order valence-electron chi connectivity index (χ4n) is 4.40. The molecule has 9 nitrogen and oxygen atoms in total. The molecule has 196 valence electrons. The van der Waals surface area contributed by atoms with Gasteiger partial charge >= 0.3 is 0 Å². The normalized spacial score (nSPS) is 17.4. The summed E-state index contributed by atoms with van der Waals surface area (Å²) >= 11 is 0. The Labute approximate surface area is 219 Å². The molecule has 1 saturated heterocycles. The van der Waals surface area contributed by atoms with Crippen molar-refractivity contribution in [3.8, 4) is 23.3 Å². The fourth-order valence-corrected chi connectivity index (χ4v) is 5.39. The topological polar surface area (TPSA) is 118 Å². The number of nitrogens with two attached hydrogens (primary N) is 1. The summed E-state index contributed by atoms with van der Waals surface area (Å²) in [6, 6.07) is 13.4. The minimum absolute atomic E-state index is 0.00376. The lowest BCUT2D eigenvalue weighted by molar-refractivity contribution is 0.355. The number of nitrogens with zero attached hydrogens (tertiary/aromatic N) is 5. The van der Waals surface area contributed by atoms with Crippen molar-refractivity contribution >= 4 is 21.7 Å². The molecule has 0 saturated carbocycles. The molecule has 3 aromatic rings. The molecular weight excluding hydrogens is 488 g/mol. The van der Waals surface area contributed by atoms with Crippen molar-refractivity contribution in [2.75, 3.05) is 22.8 Å². The zero-order valence-electron chi connectivity index (χ0n) is 22.0. The molecule has 4 rings (SSSR count). The standard InChI is InChI=1S/C27H34N6O3S/c1-6-11-22-14-10-15-33(22)24-17-21(16-23(29-24)32(5)37(34,35)19(2)3)25-30-31-26(36-25)27(4,28)18-20-12-8-7-9-13-20/h7-9,12-13,16-17,19,22H,10,14-15,18,28H2,1-5H3/t22?,27-/m1/s1. The van der Waals surface area contributed by atoms with Crippen LogP contribution in [-0.2, 0) is 22.0 Å². The lowest BCUT2D eigenvalue weighted by Gasteiger charge is -2.26. The van der Waals surface area contributed by atoms with Crippen molar-refractivity contribution in [2.24, 2.45) is 5.73 Å². The van der Waals surface area contributed by atoms with Gasteiger partial charge in [0.05, 0.1) is 16.8 Å². The number of pyridine rings is 1. The summed E-state index contributed by atoms with van der Waals surface area (Å²) in [4.78, 5) is 6.82. The fraction of sp³-hybridized carbons (Fsp3) is 0.444. The highest BCUT2D eigenvalue weighted by atomic mass is 32.2. The van der Waals surface area contributed by atoms with Gasteiger partial charge in [-0.25, -0.2) is 13.4 Å². The van der Waals surface area contributed by atoms with Crippen molar-refractivity contribution in [2.45, 2.75) is 63.8 Å². The van der Waals surface area contributed by atoms with Gasteiger partial charge in [0.1, 0.15) is 11.6 Å². The lowest BCUT2D eigenvalue weighted by Crippen LogP contribution is -2.35. The number of sulfonamides is 1. The van der Waals surface area contributed by atoms with Gasteiger partial charge in [-0.2, -0.15) is 0 Å². The first kappa shape index (κ1) is 26.6. The summed E-state index contributed by atoms with van der Waals surface area (Å²) in [6.45, 7) is 7.71. The zero-order chi connectivity index (χ0) is 26.8. The van der Waals surface area contributed by atoms with Gasteiger partial charge in [0, 0.05) is 19.2 Å². The molecule has 0 radical (unpaired) electrons. The molecule has 2 N–H and O–H groups in total. The average molecular weight is 523 g/mol. The van der Waals surface area contributed by atoms with Crippen LogP contribution in [0.25, 0.3) is 11.5 Å². The Morgan fingerprint density at radius 1 is 1.24 bits per heavy atom. The molecule has 2 aromatic heterocycles. The van der Waals surface area contributed by atoms with Crippen LogP contribution in [0.15, 0.2) is 46.9 Å². The third-order valence-electron chi connectivity index (χ3n) is 6.53. The van der Waals surface area contributed by atoms with Crippen LogP contribution in [0.1, 0.15) is 52.0 Å². The number of anilines is 2. The van der Waals surface area contributed by atoms with Crippen LogP contribution in [0, 0.1) is 11.8 Å². The summed E-state index contributed by atoms with van der Waals surface area (Å²) in [5, 5.41) is 7.92. The molecule has 0 amide bonds. The molecule has 2 atom stereocenters. The highest BCUT2D eigenvalue weighted by Crippen LogP contribution is 2.33. The van der Waals surface area contributed by atoms with Crippen molar-refractivity contribution in [3.63, 3.8) is 0 Å². The molecule has 1 aliphatic rings. The van der Waals surface area contributed by atoms with E-state index in [0.29, 0.717) is 23.7 Å². The predicted octanol–water partition coefficient (Wildman–Crippen LogP) is 3.71. The van der Waals surface area contributed by atoms with E-state index in [4.69, 9.17) is 15.1 Å². The van der Waals surface area contributed by atoms with E-state index in [0.717, 1.165) is 24.9 Å². The SMILES string of the molecule is CC#CC1CCCN1c1cc(-c2nnc([C@](C)(N)Cc3ccccc3)o2)cc(N(C)S(=O)(=O)C(C)C)n1. The summed E-state index contributed by atoms with van der Waals surface area (Å²) in [6.07, 6.45) is 2.40. The maximum atomic E-state index is 13.0. The van der Waals surface area contributed by atoms with Gasteiger partial charge in [-0.05, 0) is 64.7 Å². The molecule has 1 unspecified atom stereocenters. The van der Waals surface area contributed by atoms with E-state index < -0.39 is 20.8 Å². The van der Waals surface area contributed by atoms with Crippen LogP contribution in [0.2, 0.25) is 0 Å². The van der Waals surface area contributed by atoms with Crippen LogP contribution in [-0.4, -0.2) is 48.5 Å². The molecule has 0 spiro atoms. The van der Waals surface area contributed by atoms with Crippen LogP contribution >= 0.6 is 0 Å². The van der Waals surface area contributed by atoms with Crippen LogP contribution in [0.5, 0.6) is 0 Å². The molecule has 0 aliphatic carbocycles.